The van der Waals surface area contributed by atoms with Crippen LogP contribution in [0.3, 0.4) is 0 Å². The van der Waals surface area contributed by atoms with Crippen LogP contribution in [0.2, 0.25) is 0 Å². The molecule has 0 bridgehead atoms. The van der Waals surface area contributed by atoms with E-state index in [1.54, 1.807) is 42.6 Å². The van der Waals surface area contributed by atoms with Gasteiger partial charge in [-0.3, -0.25) is 13.8 Å². The molecule has 0 saturated carbocycles. The average Bonchev–Trinajstić information content (AvgIpc) is 3.21. The van der Waals surface area contributed by atoms with E-state index in [9.17, 15) is 22.0 Å². The van der Waals surface area contributed by atoms with Gasteiger partial charge < -0.3 is 15.2 Å². The zero-order valence-corrected chi connectivity index (χ0v) is 17.3. The molecule has 0 spiro atoms. The molecule has 3 aromatic heterocycles. The normalized spacial score (nSPS) is 10.6. The van der Waals surface area contributed by atoms with Crippen LogP contribution < -0.4 is 5.10 Å². The zero-order chi connectivity index (χ0) is 20.9. The van der Waals surface area contributed by atoms with E-state index in [0.29, 0.717) is 11.4 Å². The maximum atomic E-state index is 13.2. The molecule has 4 rings (SSSR count). The van der Waals surface area contributed by atoms with Crippen LogP contribution in [-0.4, -0.2) is 15.1 Å². The first-order valence-electron chi connectivity index (χ1n) is 8.12. The van der Waals surface area contributed by atoms with Crippen molar-refractivity contribution in [3.63, 3.8) is 0 Å². The van der Waals surface area contributed by atoms with Crippen molar-refractivity contribution in [3.05, 3.63) is 90.4 Å². The maximum absolute atomic E-state index is 13.2. The van der Waals surface area contributed by atoms with Gasteiger partial charge in [-0.25, -0.2) is 0 Å². The molecule has 0 aliphatic heterocycles. The van der Waals surface area contributed by atoms with Crippen LogP contribution in [0.4, 0.5) is 22.0 Å². The largest absolute Gasteiger partial charge is 0.573 e. The van der Waals surface area contributed by atoms with Crippen molar-refractivity contribution >= 4 is 0 Å². The molecule has 1 aromatic carbocycles. The molecule has 0 atom stereocenters. The summed E-state index contributed by atoms with van der Waals surface area (Å²) in [6, 6.07) is 15.3. The van der Waals surface area contributed by atoms with E-state index in [0.717, 1.165) is 18.2 Å². The number of hydrogen-bond acceptors (Lipinski definition) is 3. The number of rotatable bonds is 2. The van der Waals surface area contributed by atoms with E-state index >= 15 is 0 Å². The first kappa shape index (κ1) is 23.3. The minimum Gasteiger partial charge on any atom is -0.573 e. The summed E-state index contributed by atoms with van der Waals surface area (Å²) in [6.45, 7) is 0. The number of halogens is 5. The number of hydrogen-bond donors (Lipinski definition) is 0. The van der Waals surface area contributed by atoms with E-state index in [2.05, 4.69) is 26.2 Å². The number of alkyl halides is 3. The van der Waals surface area contributed by atoms with Crippen LogP contribution in [0.25, 0.3) is 22.6 Å². The van der Waals surface area contributed by atoms with Gasteiger partial charge in [0.15, 0.2) is 0 Å². The van der Waals surface area contributed by atoms with Gasteiger partial charge in [0.1, 0.15) is 5.69 Å². The van der Waals surface area contributed by atoms with Crippen LogP contribution in [0.5, 0.6) is 0 Å². The number of nitrogens with zero attached hydrogens (tertiary/aromatic N) is 4. The summed E-state index contributed by atoms with van der Waals surface area (Å²) in [5, 5.41) is 6.47. The molecule has 1 radical (unpaired) electrons. The maximum Gasteiger partial charge on any atom is 0.431 e. The Morgan fingerprint density at radius 3 is 2.00 bits per heavy atom. The topological polar surface area (TPSA) is 52.8 Å². The van der Waals surface area contributed by atoms with E-state index in [1.165, 1.54) is 6.20 Å². The van der Waals surface area contributed by atoms with Crippen LogP contribution in [0.15, 0.2) is 67.0 Å². The fourth-order valence-corrected chi connectivity index (χ4v) is 2.22. The van der Waals surface area contributed by atoms with Gasteiger partial charge >= 0.3 is 6.18 Å². The number of aromatic nitrogens is 4. The van der Waals surface area contributed by atoms with Gasteiger partial charge in [-0.2, -0.15) is 13.2 Å². The van der Waals surface area contributed by atoms with E-state index in [1.807, 2.05) is 0 Å². The van der Waals surface area contributed by atoms with Gasteiger partial charge in [0.25, 0.3) is 0 Å². The Morgan fingerprint density at radius 1 is 0.867 bits per heavy atom. The summed E-state index contributed by atoms with van der Waals surface area (Å²) in [7, 11) is 0. The predicted molar refractivity (Wildman–Crippen MR) is 94.2 cm³/mol. The summed E-state index contributed by atoms with van der Waals surface area (Å²) >= 11 is 0. The second kappa shape index (κ2) is 10.2. The van der Waals surface area contributed by atoms with Crippen LogP contribution in [0, 0.1) is 17.7 Å². The summed E-state index contributed by atoms with van der Waals surface area (Å²) < 4.78 is 62.4. The van der Waals surface area contributed by atoms with Gasteiger partial charge in [0.2, 0.25) is 0 Å². The van der Waals surface area contributed by atoms with Crippen molar-refractivity contribution in [1.82, 2.24) is 20.2 Å². The molecule has 10 heteroatoms. The first-order valence-corrected chi connectivity index (χ1v) is 8.12. The fourth-order valence-electron chi connectivity index (χ4n) is 2.22. The monoisotopic (exact) mass is 595 g/mol. The molecule has 0 fully saturated rings. The second-order valence-corrected chi connectivity index (χ2v) is 5.58. The SMILES string of the molecule is FC(F)(F)c1cc(-c2ccccn2)[n-]n1.Fc1c[c-]c(-c2ccccn2)c(F)c1.[Ir]. The summed E-state index contributed by atoms with van der Waals surface area (Å²) in [6.07, 6.45) is -1.43. The van der Waals surface area contributed by atoms with Gasteiger partial charge in [-0.15, -0.1) is 12.1 Å². The first-order chi connectivity index (χ1) is 13.8. The molecule has 0 N–H and O–H groups in total. The molecule has 4 aromatic rings. The molecule has 4 nitrogen and oxygen atoms in total. The Bertz CT molecular complexity index is 1070. The van der Waals surface area contributed by atoms with Crippen molar-refractivity contribution in [3.8, 4) is 22.6 Å². The average molecular weight is 595 g/mol. The molecule has 0 aliphatic carbocycles. The Labute approximate surface area is 181 Å². The number of benzene rings is 1. The molecule has 0 unspecified atom stereocenters. The summed E-state index contributed by atoms with van der Waals surface area (Å²) in [4.78, 5) is 7.82. The molecular weight excluding hydrogens is 583 g/mol. The van der Waals surface area contributed by atoms with E-state index in [-0.39, 0.29) is 31.4 Å². The predicted octanol–water partition coefficient (Wildman–Crippen LogP) is 4.94. The van der Waals surface area contributed by atoms with Crippen molar-refractivity contribution in [2.24, 2.45) is 0 Å². The molecular formula is C20H11F5IrN4-2. The molecule has 3 heterocycles. The minimum atomic E-state index is -4.46. The van der Waals surface area contributed by atoms with Gasteiger partial charge in [0, 0.05) is 49.8 Å². The van der Waals surface area contributed by atoms with Crippen molar-refractivity contribution in [2.45, 2.75) is 6.18 Å². The van der Waals surface area contributed by atoms with Crippen LogP contribution in [0.1, 0.15) is 5.69 Å². The molecule has 0 aliphatic rings. The quantitative estimate of drug-likeness (QED) is 0.244. The van der Waals surface area contributed by atoms with E-state index in [4.69, 9.17) is 0 Å². The summed E-state index contributed by atoms with van der Waals surface area (Å²) in [5.74, 6) is -1.29. The van der Waals surface area contributed by atoms with Crippen LogP contribution >= 0.6 is 0 Å². The van der Waals surface area contributed by atoms with Crippen molar-refractivity contribution in [2.75, 3.05) is 0 Å². The molecule has 30 heavy (non-hydrogen) atoms. The van der Waals surface area contributed by atoms with Crippen molar-refractivity contribution in [1.29, 1.82) is 0 Å². The Kier molecular flexibility index (Phi) is 7.91. The molecule has 0 amide bonds. The third-order valence-corrected chi connectivity index (χ3v) is 3.54. The molecule has 0 saturated heterocycles. The van der Waals surface area contributed by atoms with Crippen molar-refractivity contribution < 1.29 is 42.1 Å². The van der Waals surface area contributed by atoms with Gasteiger partial charge in [-0.05, 0) is 30.0 Å². The Balaban J connectivity index is 0.000000207. The summed E-state index contributed by atoms with van der Waals surface area (Å²) in [5.41, 5.74) is 0.142. The third kappa shape index (κ3) is 6.01. The standard InChI is InChI=1S/C11H6F2N.C9H5F3N3.Ir/c12-8-4-5-9(10(13)7-8)11-3-1-2-6-14-11;10-9(11,12)8-5-7(14-15-8)6-3-1-2-4-13-6;/h1-4,6-7H;1-5H;/q2*-1;. The van der Waals surface area contributed by atoms with Gasteiger partial charge in [0.05, 0.1) is 0 Å². The Morgan fingerprint density at radius 2 is 1.50 bits per heavy atom. The zero-order valence-electron chi connectivity index (χ0n) is 14.9. The smallest absolute Gasteiger partial charge is 0.431 e. The fraction of sp³-hybridized carbons (Fsp3) is 0.0500. The Hall–Kier alpha value is -2.97. The number of pyridine rings is 2. The minimum absolute atomic E-state index is 0. The third-order valence-electron chi connectivity index (χ3n) is 3.54. The van der Waals surface area contributed by atoms with E-state index < -0.39 is 23.5 Å². The van der Waals surface area contributed by atoms with Crippen LogP contribution in [-0.2, 0) is 26.3 Å². The molecule has 157 valence electrons. The van der Waals surface area contributed by atoms with Gasteiger partial charge in [-0.1, -0.05) is 35.5 Å². The second-order valence-electron chi connectivity index (χ2n) is 5.58.